The predicted octanol–water partition coefficient (Wildman–Crippen LogP) is 2.23. The van der Waals surface area contributed by atoms with Gasteiger partial charge in [-0.25, -0.2) is 4.79 Å². The Hall–Kier alpha value is -1.51. The Morgan fingerprint density at radius 3 is 2.93 bits per heavy atom. The van der Waals surface area contributed by atoms with Crippen molar-refractivity contribution in [2.75, 3.05) is 0 Å². The fourth-order valence-corrected chi connectivity index (χ4v) is 2.09. The molecule has 0 amide bonds. The Morgan fingerprint density at radius 2 is 2.27 bits per heavy atom. The molecule has 1 aliphatic carbocycles. The third-order valence-corrected chi connectivity index (χ3v) is 3.10. The highest BCUT2D eigenvalue weighted by atomic mass is 16.1. The first-order valence-electron chi connectivity index (χ1n) is 5.52. The van der Waals surface area contributed by atoms with Crippen molar-refractivity contribution in [3.63, 3.8) is 0 Å². The number of aromatic nitrogens is 2. The predicted molar refractivity (Wildman–Crippen MR) is 60.2 cm³/mol. The van der Waals surface area contributed by atoms with Crippen molar-refractivity contribution >= 4 is 11.0 Å². The van der Waals surface area contributed by atoms with Gasteiger partial charge in [0.25, 0.3) is 0 Å². The van der Waals surface area contributed by atoms with Gasteiger partial charge in [0.05, 0.1) is 11.0 Å². The molecule has 1 aliphatic rings. The third kappa shape index (κ3) is 1.30. The highest BCUT2D eigenvalue weighted by molar-refractivity contribution is 5.76. The van der Waals surface area contributed by atoms with Crippen molar-refractivity contribution in [3.05, 3.63) is 34.2 Å². The summed E-state index contributed by atoms with van der Waals surface area (Å²) >= 11 is 0. The van der Waals surface area contributed by atoms with Crippen LogP contribution in [0.15, 0.2) is 23.0 Å². The summed E-state index contributed by atoms with van der Waals surface area (Å²) in [6.45, 7) is 2.12. The molecule has 1 N–H and O–H groups in total. The lowest BCUT2D eigenvalue weighted by Gasteiger charge is -2.00. The number of fused-ring (bicyclic) bond motifs is 1. The lowest BCUT2D eigenvalue weighted by molar-refractivity contribution is 0.733. The molecule has 15 heavy (non-hydrogen) atoms. The van der Waals surface area contributed by atoms with Crippen molar-refractivity contribution in [2.24, 2.45) is 0 Å². The van der Waals surface area contributed by atoms with Crippen LogP contribution in [0.3, 0.4) is 0 Å². The summed E-state index contributed by atoms with van der Waals surface area (Å²) in [5.74, 6) is 0. The summed E-state index contributed by atoms with van der Waals surface area (Å²) < 4.78 is 1.90. The van der Waals surface area contributed by atoms with Crippen molar-refractivity contribution in [1.82, 2.24) is 9.55 Å². The van der Waals surface area contributed by atoms with E-state index in [0.717, 1.165) is 30.3 Å². The number of hydrogen-bond donors (Lipinski definition) is 1. The van der Waals surface area contributed by atoms with Gasteiger partial charge in [-0.2, -0.15) is 0 Å². The smallest absolute Gasteiger partial charge is 0.306 e. The van der Waals surface area contributed by atoms with Crippen molar-refractivity contribution in [1.29, 1.82) is 0 Å². The molecule has 0 saturated heterocycles. The summed E-state index contributed by atoms with van der Waals surface area (Å²) in [6, 6.07) is 6.69. The Bertz CT molecular complexity index is 560. The molecule has 78 valence electrons. The van der Waals surface area contributed by atoms with E-state index in [2.05, 4.69) is 30.1 Å². The highest BCUT2D eigenvalue weighted by Gasteiger charge is 2.26. The van der Waals surface area contributed by atoms with Crippen LogP contribution in [0.2, 0.25) is 0 Å². The van der Waals surface area contributed by atoms with Crippen molar-refractivity contribution in [2.45, 2.75) is 32.2 Å². The van der Waals surface area contributed by atoms with Gasteiger partial charge < -0.3 is 4.98 Å². The fraction of sp³-hybridized carbons (Fsp3) is 0.417. The number of aromatic amines is 1. The molecule has 3 heteroatoms. The number of benzene rings is 1. The molecule has 3 rings (SSSR count). The lowest BCUT2D eigenvalue weighted by Crippen LogP contribution is -2.14. The van der Waals surface area contributed by atoms with E-state index >= 15 is 0 Å². The molecule has 1 aromatic heterocycles. The Balaban J connectivity index is 2.28. The summed E-state index contributed by atoms with van der Waals surface area (Å²) in [5.41, 5.74) is 3.35. The number of nitrogens with one attached hydrogen (secondary N) is 1. The van der Waals surface area contributed by atoms with Gasteiger partial charge >= 0.3 is 5.69 Å². The maximum atomic E-state index is 11.7. The molecule has 1 heterocycles. The molecule has 0 radical (unpaired) electrons. The number of nitrogens with zero attached hydrogens (tertiary/aromatic N) is 1. The van der Waals surface area contributed by atoms with Crippen LogP contribution in [-0.4, -0.2) is 9.55 Å². The molecular weight excluding hydrogens is 188 g/mol. The molecular formula is C12H14N2O. The van der Waals surface area contributed by atoms with Gasteiger partial charge in [0, 0.05) is 6.04 Å². The number of H-pyrrole nitrogens is 1. The van der Waals surface area contributed by atoms with Crippen LogP contribution in [0.25, 0.3) is 11.0 Å². The number of aryl methyl sites for hydroxylation is 1. The van der Waals surface area contributed by atoms with Crippen LogP contribution in [0.4, 0.5) is 0 Å². The van der Waals surface area contributed by atoms with Crippen molar-refractivity contribution < 1.29 is 0 Å². The Kier molecular flexibility index (Phi) is 1.75. The summed E-state index contributed by atoms with van der Waals surface area (Å²) in [6.07, 6.45) is 3.29. The van der Waals surface area contributed by atoms with Gasteiger partial charge in [-0.1, -0.05) is 13.0 Å². The third-order valence-electron chi connectivity index (χ3n) is 3.10. The highest BCUT2D eigenvalue weighted by Crippen LogP contribution is 2.35. The fourth-order valence-electron chi connectivity index (χ4n) is 2.09. The van der Waals surface area contributed by atoms with Gasteiger partial charge in [0.15, 0.2) is 0 Å². The molecule has 0 aliphatic heterocycles. The second kappa shape index (κ2) is 2.99. The average Bonchev–Trinajstić information content (AvgIpc) is 3.00. The topological polar surface area (TPSA) is 37.8 Å². The number of hydrogen-bond acceptors (Lipinski definition) is 1. The summed E-state index contributed by atoms with van der Waals surface area (Å²) in [5, 5.41) is 0. The molecule has 1 saturated carbocycles. The molecule has 0 atom stereocenters. The maximum Gasteiger partial charge on any atom is 0.326 e. The summed E-state index contributed by atoms with van der Waals surface area (Å²) in [4.78, 5) is 14.7. The van der Waals surface area contributed by atoms with E-state index in [-0.39, 0.29) is 5.69 Å². The van der Waals surface area contributed by atoms with Crippen LogP contribution in [-0.2, 0) is 6.42 Å². The first-order valence-corrected chi connectivity index (χ1v) is 5.52. The van der Waals surface area contributed by atoms with Crippen LogP contribution >= 0.6 is 0 Å². The minimum atomic E-state index is 0.0424. The SMILES string of the molecule is CCc1ccc2c(c1)[nH]c(=O)n2C1CC1. The number of imidazole rings is 1. The van der Waals surface area contributed by atoms with E-state index in [1.165, 1.54) is 5.56 Å². The standard InChI is InChI=1S/C12H14N2O/c1-2-8-3-6-11-10(7-8)13-12(15)14(11)9-4-5-9/h3,6-7,9H,2,4-5H2,1H3,(H,13,15). The van der Waals surface area contributed by atoms with E-state index in [1.54, 1.807) is 0 Å². The minimum absolute atomic E-state index is 0.0424. The zero-order valence-electron chi connectivity index (χ0n) is 8.79. The van der Waals surface area contributed by atoms with Crippen LogP contribution < -0.4 is 5.69 Å². The monoisotopic (exact) mass is 202 g/mol. The summed E-state index contributed by atoms with van der Waals surface area (Å²) in [7, 11) is 0. The normalized spacial score (nSPS) is 16.1. The zero-order valence-corrected chi connectivity index (χ0v) is 8.79. The molecule has 2 aromatic rings. The van der Waals surface area contributed by atoms with Crippen LogP contribution in [0.1, 0.15) is 31.4 Å². The number of rotatable bonds is 2. The quantitative estimate of drug-likeness (QED) is 0.796. The molecule has 1 fully saturated rings. The average molecular weight is 202 g/mol. The first kappa shape index (κ1) is 8.77. The minimum Gasteiger partial charge on any atom is -0.306 e. The Labute approximate surface area is 87.7 Å². The second-order valence-corrected chi connectivity index (χ2v) is 4.24. The van der Waals surface area contributed by atoms with Gasteiger partial charge in [0.2, 0.25) is 0 Å². The zero-order chi connectivity index (χ0) is 10.4. The van der Waals surface area contributed by atoms with Gasteiger partial charge in [-0.05, 0) is 37.0 Å². The van der Waals surface area contributed by atoms with E-state index in [0.29, 0.717) is 6.04 Å². The largest absolute Gasteiger partial charge is 0.326 e. The van der Waals surface area contributed by atoms with E-state index in [9.17, 15) is 4.79 Å². The first-order chi connectivity index (χ1) is 7.29. The molecule has 0 bridgehead atoms. The second-order valence-electron chi connectivity index (χ2n) is 4.24. The molecule has 3 nitrogen and oxygen atoms in total. The molecule has 1 aromatic carbocycles. The maximum absolute atomic E-state index is 11.7. The van der Waals surface area contributed by atoms with E-state index in [4.69, 9.17) is 0 Å². The van der Waals surface area contributed by atoms with E-state index < -0.39 is 0 Å². The Morgan fingerprint density at radius 1 is 1.47 bits per heavy atom. The van der Waals surface area contributed by atoms with Crippen LogP contribution in [0, 0.1) is 0 Å². The van der Waals surface area contributed by atoms with Gasteiger partial charge in [-0.3, -0.25) is 4.57 Å². The van der Waals surface area contributed by atoms with Gasteiger partial charge in [0.1, 0.15) is 0 Å². The van der Waals surface area contributed by atoms with Crippen LogP contribution in [0.5, 0.6) is 0 Å². The molecule has 0 unspecified atom stereocenters. The van der Waals surface area contributed by atoms with Crippen molar-refractivity contribution in [3.8, 4) is 0 Å². The lowest BCUT2D eigenvalue weighted by atomic mass is 10.1. The van der Waals surface area contributed by atoms with E-state index in [1.807, 2.05) is 4.57 Å². The van der Waals surface area contributed by atoms with Gasteiger partial charge in [-0.15, -0.1) is 0 Å². The molecule has 0 spiro atoms.